The molecular weight excluding hydrogens is 282 g/mol. The maximum Gasteiger partial charge on any atom is 0.128 e. The van der Waals surface area contributed by atoms with E-state index in [4.69, 9.17) is 0 Å². The Morgan fingerprint density at radius 3 is 2.35 bits per heavy atom. The van der Waals surface area contributed by atoms with Gasteiger partial charge in [0.2, 0.25) is 0 Å². The fraction of sp³-hybridized carbons (Fsp3) is 0.750. The third-order valence-corrected chi connectivity index (χ3v) is 5.38. The molecule has 1 aliphatic rings. The first-order valence-corrected chi connectivity index (χ1v) is 9.46. The second-order valence-corrected chi connectivity index (χ2v) is 7.12. The van der Waals surface area contributed by atoms with E-state index in [1.54, 1.807) is 0 Å². The molecule has 0 bridgehead atoms. The Balaban J connectivity index is 1.95. The molecule has 0 atom stereocenters. The number of nitrogens with zero attached hydrogens (tertiary/aromatic N) is 3. The molecule has 1 heterocycles. The molecule has 0 radical (unpaired) electrons. The zero-order valence-electron chi connectivity index (χ0n) is 14.9. The van der Waals surface area contributed by atoms with Crippen LogP contribution in [0.2, 0.25) is 0 Å². The first-order valence-electron chi connectivity index (χ1n) is 9.46. The molecule has 1 aromatic heterocycles. The SMILES string of the molecule is CCCCCCc1ncc([C@]2(C#N)CC[C@H](CCC)CC2)cn1. The number of unbranched alkanes of at least 4 members (excludes halogenated alkanes) is 3. The predicted molar refractivity (Wildman–Crippen MR) is 94.0 cm³/mol. The number of aromatic nitrogens is 2. The Labute approximate surface area is 141 Å². The highest BCUT2D eigenvalue weighted by atomic mass is 14.9. The van der Waals surface area contributed by atoms with Crippen LogP contribution in [0.3, 0.4) is 0 Å². The highest BCUT2D eigenvalue weighted by Gasteiger charge is 2.37. The molecule has 1 saturated carbocycles. The van der Waals surface area contributed by atoms with Gasteiger partial charge >= 0.3 is 0 Å². The molecule has 1 aliphatic carbocycles. The summed E-state index contributed by atoms with van der Waals surface area (Å²) in [7, 11) is 0. The number of hydrogen-bond acceptors (Lipinski definition) is 3. The molecule has 1 aromatic rings. The maximum atomic E-state index is 9.78. The zero-order chi connectivity index (χ0) is 16.5. The summed E-state index contributed by atoms with van der Waals surface area (Å²) < 4.78 is 0. The molecule has 1 fully saturated rings. The Morgan fingerprint density at radius 2 is 1.78 bits per heavy atom. The largest absolute Gasteiger partial charge is 0.241 e. The monoisotopic (exact) mass is 313 g/mol. The van der Waals surface area contributed by atoms with Crippen LogP contribution in [0.15, 0.2) is 12.4 Å². The summed E-state index contributed by atoms with van der Waals surface area (Å²) >= 11 is 0. The lowest BCUT2D eigenvalue weighted by Crippen LogP contribution is -2.30. The van der Waals surface area contributed by atoms with E-state index in [9.17, 15) is 5.26 Å². The minimum Gasteiger partial charge on any atom is -0.241 e. The second kappa shape index (κ2) is 9.01. The normalized spacial score (nSPS) is 24.3. The Kier molecular flexibility index (Phi) is 7.02. The average Bonchev–Trinajstić information content (AvgIpc) is 2.60. The van der Waals surface area contributed by atoms with Crippen LogP contribution in [-0.4, -0.2) is 9.97 Å². The lowest BCUT2D eigenvalue weighted by molar-refractivity contribution is 0.264. The topological polar surface area (TPSA) is 49.6 Å². The fourth-order valence-corrected chi connectivity index (χ4v) is 3.77. The van der Waals surface area contributed by atoms with Crippen molar-refractivity contribution >= 4 is 0 Å². The van der Waals surface area contributed by atoms with Gasteiger partial charge in [-0.05, 0) is 38.0 Å². The fourth-order valence-electron chi connectivity index (χ4n) is 3.77. The van der Waals surface area contributed by atoms with Gasteiger partial charge in [-0.15, -0.1) is 0 Å². The average molecular weight is 313 g/mol. The highest BCUT2D eigenvalue weighted by Crippen LogP contribution is 2.42. The molecule has 0 aliphatic heterocycles. The van der Waals surface area contributed by atoms with Crippen LogP contribution in [0.25, 0.3) is 0 Å². The van der Waals surface area contributed by atoms with E-state index in [1.165, 1.54) is 44.9 Å². The number of rotatable bonds is 8. The van der Waals surface area contributed by atoms with E-state index in [0.29, 0.717) is 0 Å². The third-order valence-electron chi connectivity index (χ3n) is 5.38. The van der Waals surface area contributed by atoms with Crippen molar-refractivity contribution in [2.24, 2.45) is 5.92 Å². The van der Waals surface area contributed by atoms with Crippen molar-refractivity contribution in [2.75, 3.05) is 0 Å². The van der Waals surface area contributed by atoms with Crippen molar-refractivity contribution in [3.63, 3.8) is 0 Å². The Hall–Kier alpha value is -1.43. The maximum absolute atomic E-state index is 9.78. The molecular formula is C20H31N3. The van der Waals surface area contributed by atoms with Gasteiger partial charge in [0.05, 0.1) is 11.5 Å². The van der Waals surface area contributed by atoms with Gasteiger partial charge in [0, 0.05) is 24.4 Å². The molecule has 0 aromatic carbocycles. The molecule has 2 rings (SSSR count). The molecule has 3 heteroatoms. The van der Waals surface area contributed by atoms with E-state index >= 15 is 0 Å². The Bertz CT molecular complexity index is 493. The van der Waals surface area contributed by atoms with Gasteiger partial charge in [0.15, 0.2) is 0 Å². The smallest absolute Gasteiger partial charge is 0.128 e. The summed E-state index contributed by atoms with van der Waals surface area (Å²) in [5.74, 6) is 1.73. The minimum atomic E-state index is -0.342. The van der Waals surface area contributed by atoms with E-state index in [2.05, 4.69) is 29.9 Å². The van der Waals surface area contributed by atoms with Crippen molar-refractivity contribution in [3.05, 3.63) is 23.8 Å². The molecule has 0 N–H and O–H groups in total. The van der Waals surface area contributed by atoms with Gasteiger partial charge in [0.1, 0.15) is 5.82 Å². The van der Waals surface area contributed by atoms with Crippen LogP contribution in [0, 0.1) is 17.2 Å². The standard InChI is InChI=1S/C20H31N3/c1-3-5-6-7-9-19-22-14-18(15-23-19)20(16-21)12-10-17(8-4-2)11-13-20/h14-15,17H,3-13H2,1-2H3/t17-,20+. The van der Waals surface area contributed by atoms with E-state index in [1.807, 2.05) is 12.4 Å². The molecule has 0 spiro atoms. The van der Waals surface area contributed by atoms with Crippen molar-refractivity contribution < 1.29 is 0 Å². The van der Waals surface area contributed by atoms with Crippen LogP contribution >= 0.6 is 0 Å². The minimum absolute atomic E-state index is 0.342. The predicted octanol–water partition coefficient (Wildman–Crippen LogP) is 5.35. The molecule has 0 amide bonds. The zero-order valence-corrected chi connectivity index (χ0v) is 14.9. The summed E-state index contributed by atoms with van der Waals surface area (Å²) in [5, 5.41) is 9.78. The van der Waals surface area contributed by atoms with Crippen molar-refractivity contribution in [1.29, 1.82) is 5.26 Å². The van der Waals surface area contributed by atoms with Crippen molar-refractivity contribution in [3.8, 4) is 6.07 Å². The van der Waals surface area contributed by atoms with E-state index in [0.717, 1.165) is 43.0 Å². The van der Waals surface area contributed by atoms with E-state index < -0.39 is 0 Å². The lowest BCUT2D eigenvalue weighted by Gasteiger charge is -2.34. The quantitative estimate of drug-likeness (QED) is 0.608. The summed E-state index contributed by atoms with van der Waals surface area (Å²) in [5.41, 5.74) is 0.692. The summed E-state index contributed by atoms with van der Waals surface area (Å²) in [6.07, 6.45) is 16.6. The summed E-state index contributed by atoms with van der Waals surface area (Å²) in [6.45, 7) is 4.47. The van der Waals surface area contributed by atoms with Crippen LogP contribution in [0.4, 0.5) is 0 Å². The summed E-state index contributed by atoms with van der Waals surface area (Å²) in [4.78, 5) is 9.08. The van der Waals surface area contributed by atoms with Gasteiger partial charge in [0.25, 0.3) is 0 Å². The van der Waals surface area contributed by atoms with Crippen LogP contribution in [0.1, 0.15) is 89.4 Å². The van der Waals surface area contributed by atoms with Gasteiger partial charge in [-0.1, -0.05) is 46.0 Å². The Morgan fingerprint density at radius 1 is 1.09 bits per heavy atom. The number of aryl methyl sites for hydroxylation is 1. The van der Waals surface area contributed by atoms with Crippen LogP contribution in [0.5, 0.6) is 0 Å². The van der Waals surface area contributed by atoms with Crippen molar-refractivity contribution in [1.82, 2.24) is 9.97 Å². The van der Waals surface area contributed by atoms with Crippen molar-refractivity contribution in [2.45, 2.75) is 89.9 Å². The summed E-state index contributed by atoms with van der Waals surface area (Å²) in [6, 6.07) is 2.60. The van der Waals surface area contributed by atoms with Gasteiger partial charge < -0.3 is 0 Å². The highest BCUT2D eigenvalue weighted by molar-refractivity contribution is 5.29. The first kappa shape index (κ1) is 17.9. The lowest BCUT2D eigenvalue weighted by atomic mass is 9.67. The molecule has 0 unspecified atom stereocenters. The third kappa shape index (κ3) is 4.77. The van der Waals surface area contributed by atoms with Crippen LogP contribution < -0.4 is 0 Å². The van der Waals surface area contributed by atoms with Crippen LogP contribution in [-0.2, 0) is 11.8 Å². The van der Waals surface area contributed by atoms with Gasteiger partial charge in [-0.2, -0.15) is 5.26 Å². The number of hydrogen-bond donors (Lipinski definition) is 0. The molecule has 126 valence electrons. The molecule has 3 nitrogen and oxygen atoms in total. The van der Waals surface area contributed by atoms with Gasteiger partial charge in [-0.3, -0.25) is 0 Å². The first-order chi connectivity index (χ1) is 11.2. The number of nitriles is 1. The molecule has 0 saturated heterocycles. The second-order valence-electron chi connectivity index (χ2n) is 7.12. The molecule has 23 heavy (non-hydrogen) atoms. The van der Waals surface area contributed by atoms with Gasteiger partial charge in [-0.25, -0.2) is 9.97 Å². The van der Waals surface area contributed by atoms with E-state index in [-0.39, 0.29) is 5.41 Å².